The van der Waals surface area contributed by atoms with Gasteiger partial charge in [-0.25, -0.2) is 20.4 Å². The SMILES string of the molecule is Cn1ccnc1CC(NN)c1ncccn1. The summed E-state index contributed by atoms with van der Waals surface area (Å²) in [6.45, 7) is 0. The number of imidazole rings is 1. The maximum atomic E-state index is 5.50. The van der Waals surface area contributed by atoms with Gasteiger partial charge in [0.2, 0.25) is 0 Å². The first kappa shape index (κ1) is 10.7. The van der Waals surface area contributed by atoms with Crippen LogP contribution in [-0.4, -0.2) is 19.5 Å². The molecule has 2 aromatic heterocycles. The van der Waals surface area contributed by atoms with Crippen LogP contribution in [-0.2, 0) is 13.5 Å². The molecule has 0 amide bonds. The van der Waals surface area contributed by atoms with E-state index >= 15 is 0 Å². The minimum Gasteiger partial charge on any atom is -0.338 e. The van der Waals surface area contributed by atoms with Crippen LogP contribution in [0.5, 0.6) is 0 Å². The van der Waals surface area contributed by atoms with Crippen LogP contribution in [0.15, 0.2) is 30.9 Å². The van der Waals surface area contributed by atoms with Gasteiger partial charge in [-0.15, -0.1) is 0 Å². The minimum atomic E-state index is -0.123. The van der Waals surface area contributed by atoms with E-state index in [4.69, 9.17) is 5.84 Å². The standard InChI is InChI=1S/C10H14N6/c1-16-6-5-12-9(16)7-8(15-11)10-13-3-2-4-14-10/h2-6,8,15H,7,11H2,1H3. The Bertz CT molecular complexity index is 438. The van der Waals surface area contributed by atoms with Crippen molar-refractivity contribution in [2.45, 2.75) is 12.5 Å². The summed E-state index contributed by atoms with van der Waals surface area (Å²) in [5, 5.41) is 0. The van der Waals surface area contributed by atoms with Crippen LogP contribution in [0.2, 0.25) is 0 Å². The average molecular weight is 218 g/mol. The molecule has 6 nitrogen and oxygen atoms in total. The highest BCUT2D eigenvalue weighted by Gasteiger charge is 2.15. The van der Waals surface area contributed by atoms with E-state index in [0.717, 1.165) is 5.82 Å². The highest BCUT2D eigenvalue weighted by atomic mass is 15.2. The molecule has 0 aliphatic carbocycles. The normalized spacial score (nSPS) is 12.6. The number of hydrogen-bond donors (Lipinski definition) is 2. The van der Waals surface area contributed by atoms with Gasteiger partial charge in [-0.2, -0.15) is 0 Å². The molecular formula is C10H14N6. The minimum absolute atomic E-state index is 0.123. The van der Waals surface area contributed by atoms with Crippen molar-refractivity contribution in [2.75, 3.05) is 0 Å². The number of rotatable bonds is 4. The number of hydrogen-bond acceptors (Lipinski definition) is 5. The van der Waals surface area contributed by atoms with Gasteiger partial charge in [-0.1, -0.05) is 0 Å². The van der Waals surface area contributed by atoms with Crippen molar-refractivity contribution in [3.63, 3.8) is 0 Å². The van der Waals surface area contributed by atoms with Gasteiger partial charge in [0.15, 0.2) is 0 Å². The summed E-state index contributed by atoms with van der Waals surface area (Å²) in [5.74, 6) is 7.12. The third kappa shape index (κ3) is 2.23. The zero-order chi connectivity index (χ0) is 11.4. The third-order valence-electron chi connectivity index (χ3n) is 2.41. The molecule has 3 N–H and O–H groups in total. The number of nitrogens with one attached hydrogen (secondary N) is 1. The number of hydrazine groups is 1. The Labute approximate surface area is 93.5 Å². The second-order valence-electron chi connectivity index (χ2n) is 3.48. The van der Waals surface area contributed by atoms with E-state index in [1.54, 1.807) is 24.7 Å². The highest BCUT2D eigenvalue weighted by molar-refractivity contribution is 5.02. The molecule has 0 aromatic carbocycles. The van der Waals surface area contributed by atoms with Crippen LogP contribution in [0.25, 0.3) is 0 Å². The smallest absolute Gasteiger partial charge is 0.146 e. The van der Waals surface area contributed by atoms with Crippen molar-refractivity contribution in [1.82, 2.24) is 24.9 Å². The van der Waals surface area contributed by atoms with Crippen LogP contribution in [0.1, 0.15) is 17.7 Å². The Morgan fingerprint density at radius 2 is 2.06 bits per heavy atom. The Balaban J connectivity index is 2.16. The number of nitrogens with two attached hydrogens (primary N) is 1. The molecule has 0 aliphatic heterocycles. The molecule has 1 unspecified atom stereocenters. The predicted octanol–water partition coefficient (Wildman–Crippen LogP) is -0.0428. The van der Waals surface area contributed by atoms with Gasteiger partial charge in [0.05, 0.1) is 6.04 Å². The molecule has 0 bridgehead atoms. The lowest BCUT2D eigenvalue weighted by atomic mass is 10.2. The van der Waals surface area contributed by atoms with E-state index in [1.165, 1.54) is 0 Å². The van der Waals surface area contributed by atoms with Crippen molar-refractivity contribution >= 4 is 0 Å². The second kappa shape index (κ2) is 4.82. The molecule has 0 aliphatic rings. The Morgan fingerprint density at radius 3 is 2.62 bits per heavy atom. The molecular weight excluding hydrogens is 204 g/mol. The van der Waals surface area contributed by atoms with E-state index in [0.29, 0.717) is 12.2 Å². The Hall–Kier alpha value is -1.79. The molecule has 1 atom stereocenters. The Morgan fingerprint density at radius 1 is 1.31 bits per heavy atom. The van der Waals surface area contributed by atoms with Crippen molar-refractivity contribution < 1.29 is 0 Å². The number of nitrogens with zero attached hydrogens (tertiary/aromatic N) is 4. The molecule has 0 fully saturated rings. The quantitative estimate of drug-likeness (QED) is 0.555. The maximum absolute atomic E-state index is 5.50. The fourth-order valence-corrected chi connectivity index (χ4v) is 1.49. The van der Waals surface area contributed by atoms with Crippen molar-refractivity contribution in [1.29, 1.82) is 0 Å². The monoisotopic (exact) mass is 218 g/mol. The lowest BCUT2D eigenvalue weighted by molar-refractivity contribution is 0.504. The molecule has 2 heterocycles. The van der Waals surface area contributed by atoms with E-state index in [-0.39, 0.29) is 6.04 Å². The highest BCUT2D eigenvalue weighted by Crippen LogP contribution is 2.11. The lowest BCUT2D eigenvalue weighted by Crippen LogP contribution is -2.31. The van der Waals surface area contributed by atoms with Crippen LogP contribution in [0.3, 0.4) is 0 Å². The summed E-state index contributed by atoms with van der Waals surface area (Å²) in [6.07, 6.45) is 7.71. The van der Waals surface area contributed by atoms with Crippen molar-refractivity contribution in [2.24, 2.45) is 12.9 Å². The first-order valence-electron chi connectivity index (χ1n) is 5.00. The molecule has 0 saturated heterocycles. The molecule has 2 aromatic rings. The largest absolute Gasteiger partial charge is 0.338 e. The van der Waals surface area contributed by atoms with Gasteiger partial charge < -0.3 is 4.57 Å². The van der Waals surface area contributed by atoms with E-state index < -0.39 is 0 Å². The van der Waals surface area contributed by atoms with Crippen LogP contribution in [0, 0.1) is 0 Å². The molecule has 0 spiro atoms. The van der Waals surface area contributed by atoms with Gasteiger partial charge >= 0.3 is 0 Å². The maximum Gasteiger partial charge on any atom is 0.146 e. The first-order chi connectivity index (χ1) is 7.81. The number of aromatic nitrogens is 4. The number of aryl methyl sites for hydroxylation is 1. The average Bonchev–Trinajstić information content (AvgIpc) is 2.73. The summed E-state index contributed by atoms with van der Waals surface area (Å²) in [7, 11) is 1.95. The van der Waals surface area contributed by atoms with Gasteiger partial charge in [0.1, 0.15) is 11.6 Å². The first-order valence-corrected chi connectivity index (χ1v) is 5.00. The third-order valence-corrected chi connectivity index (χ3v) is 2.41. The predicted molar refractivity (Wildman–Crippen MR) is 59.0 cm³/mol. The topological polar surface area (TPSA) is 81.7 Å². The molecule has 2 rings (SSSR count). The van der Waals surface area contributed by atoms with E-state index in [2.05, 4.69) is 20.4 Å². The Kier molecular flexibility index (Phi) is 3.23. The molecule has 0 saturated carbocycles. The summed E-state index contributed by atoms with van der Waals surface area (Å²) in [6, 6.07) is 1.65. The van der Waals surface area contributed by atoms with E-state index in [9.17, 15) is 0 Å². The van der Waals surface area contributed by atoms with Crippen LogP contribution < -0.4 is 11.3 Å². The molecule has 6 heteroatoms. The van der Waals surface area contributed by atoms with Crippen LogP contribution in [0.4, 0.5) is 0 Å². The van der Waals surface area contributed by atoms with Gasteiger partial charge in [0.25, 0.3) is 0 Å². The lowest BCUT2D eigenvalue weighted by Gasteiger charge is -2.13. The zero-order valence-corrected chi connectivity index (χ0v) is 9.04. The summed E-state index contributed by atoms with van der Waals surface area (Å²) < 4.78 is 1.95. The fraction of sp³-hybridized carbons (Fsp3) is 0.300. The van der Waals surface area contributed by atoms with Gasteiger partial charge in [-0.3, -0.25) is 5.84 Å². The van der Waals surface area contributed by atoms with Gasteiger partial charge in [0, 0.05) is 38.3 Å². The van der Waals surface area contributed by atoms with Crippen molar-refractivity contribution in [3.05, 3.63) is 42.5 Å². The molecule has 0 radical (unpaired) electrons. The second-order valence-corrected chi connectivity index (χ2v) is 3.48. The van der Waals surface area contributed by atoms with Gasteiger partial charge in [-0.05, 0) is 6.07 Å². The molecule has 16 heavy (non-hydrogen) atoms. The zero-order valence-electron chi connectivity index (χ0n) is 9.04. The summed E-state index contributed by atoms with van der Waals surface area (Å²) in [5.41, 5.74) is 2.71. The molecule has 84 valence electrons. The van der Waals surface area contributed by atoms with Crippen molar-refractivity contribution in [3.8, 4) is 0 Å². The fourth-order valence-electron chi connectivity index (χ4n) is 1.49. The van der Waals surface area contributed by atoms with Crippen LogP contribution >= 0.6 is 0 Å². The van der Waals surface area contributed by atoms with E-state index in [1.807, 2.05) is 17.8 Å². The summed E-state index contributed by atoms with van der Waals surface area (Å²) in [4.78, 5) is 12.6. The summed E-state index contributed by atoms with van der Waals surface area (Å²) >= 11 is 0.